The fourth-order valence-electron chi connectivity index (χ4n) is 2.85. The summed E-state index contributed by atoms with van der Waals surface area (Å²) in [4.78, 5) is 2.71. The van der Waals surface area contributed by atoms with Crippen molar-refractivity contribution in [1.82, 2.24) is 10.2 Å². The molecule has 16 heavy (non-hydrogen) atoms. The Labute approximate surface area is 102 Å². The lowest BCUT2D eigenvalue weighted by Gasteiger charge is -2.37. The van der Waals surface area contributed by atoms with E-state index in [4.69, 9.17) is 0 Å². The molecule has 0 aromatic carbocycles. The largest absolute Gasteiger partial charge is 0.317 e. The molecule has 0 bridgehead atoms. The molecule has 1 rings (SSSR count). The van der Waals surface area contributed by atoms with Gasteiger partial charge in [0.25, 0.3) is 0 Å². The second-order valence-corrected chi connectivity index (χ2v) is 5.62. The summed E-state index contributed by atoms with van der Waals surface area (Å²) >= 11 is 0. The summed E-state index contributed by atoms with van der Waals surface area (Å²) in [6.45, 7) is 13.1. The first-order valence-electron chi connectivity index (χ1n) is 7.11. The molecule has 96 valence electrons. The smallest absolute Gasteiger partial charge is 0.00696 e. The second kappa shape index (κ2) is 7.29. The Bertz CT molecular complexity index is 174. The zero-order valence-corrected chi connectivity index (χ0v) is 11.6. The van der Waals surface area contributed by atoms with Crippen LogP contribution < -0.4 is 5.32 Å². The molecular formula is C14H30N2. The van der Waals surface area contributed by atoms with E-state index in [0.29, 0.717) is 6.04 Å². The van der Waals surface area contributed by atoms with E-state index in [-0.39, 0.29) is 0 Å². The average molecular weight is 226 g/mol. The fourth-order valence-corrected chi connectivity index (χ4v) is 2.85. The molecule has 1 aliphatic rings. The maximum Gasteiger partial charge on any atom is 0.00696 e. The van der Waals surface area contributed by atoms with Gasteiger partial charge in [0.05, 0.1) is 0 Å². The number of rotatable bonds is 6. The highest BCUT2D eigenvalue weighted by molar-refractivity contribution is 4.77. The van der Waals surface area contributed by atoms with Crippen LogP contribution in [0.15, 0.2) is 0 Å². The molecular weight excluding hydrogens is 196 g/mol. The molecule has 1 aliphatic heterocycles. The molecule has 0 aliphatic carbocycles. The van der Waals surface area contributed by atoms with Crippen LogP contribution in [0.2, 0.25) is 0 Å². The number of hydrogen-bond donors (Lipinski definition) is 1. The number of nitrogens with one attached hydrogen (secondary N) is 1. The first-order valence-corrected chi connectivity index (χ1v) is 7.11. The SMILES string of the molecule is CCCC(C)N(CC1CCNCC1)C(C)C. The molecule has 0 radical (unpaired) electrons. The van der Waals surface area contributed by atoms with Crippen LogP contribution in [-0.4, -0.2) is 36.6 Å². The van der Waals surface area contributed by atoms with Gasteiger partial charge in [-0.1, -0.05) is 13.3 Å². The predicted molar refractivity (Wildman–Crippen MR) is 71.8 cm³/mol. The molecule has 1 atom stereocenters. The van der Waals surface area contributed by atoms with Crippen LogP contribution in [0.3, 0.4) is 0 Å². The Morgan fingerprint density at radius 2 is 1.81 bits per heavy atom. The van der Waals surface area contributed by atoms with Gasteiger partial charge in [-0.05, 0) is 59.0 Å². The van der Waals surface area contributed by atoms with Gasteiger partial charge < -0.3 is 5.32 Å². The molecule has 2 heteroatoms. The van der Waals surface area contributed by atoms with Crippen LogP contribution >= 0.6 is 0 Å². The zero-order valence-electron chi connectivity index (χ0n) is 11.6. The van der Waals surface area contributed by atoms with Gasteiger partial charge in [0.2, 0.25) is 0 Å². The van der Waals surface area contributed by atoms with Gasteiger partial charge in [0, 0.05) is 18.6 Å². The molecule has 1 fully saturated rings. The average Bonchev–Trinajstić information content (AvgIpc) is 2.27. The Morgan fingerprint density at radius 1 is 1.19 bits per heavy atom. The van der Waals surface area contributed by atoms with E-state index in [0.717, 1.165) is 12.0 Å². The third-order valence-corrected chi connectivity index (χ3v) is 3.86. The number of nitrogens with zero attached hydrogens (tertiary/aromatic N) is 1. The highest BCUT2D eigenvalue weighted by Gasteiger charge is 2.22. The van der Waals surface area contributed by atoms with Gasteiger partial charge in [-0.25, -0.2) is 0 Å². The molecule has 0 aromatic heterocycles. The standard InChI is InChI=1S/C14H30N2/c1-5-6-13(4)16(12(2)3)11-14-7-9-15-10-8-14/h12-15H,5-11H2,1-4H3. The Kier molecular flexibility index (Phi) is 6.37. The minimum atomic E-state index is 0.691. The van der Waals surface area contributed by atoms with Crippen LogP contribution in [0.5, 0.6) is 0 Å². The molecule has 0 aromatic rings. The monoisotopic (exact) mass is 226 g/mol. The van der Waals surface area contributed by atoms with Gasteiger partial charge in [-0.3, -0.25) is 4.90 Å². The first-order chi connectivity index (χ1) is 7.65. The highest BCUT2D eigenvalue weighted by Crippen LogP contribution is 2.18. The maximum atomic E-state index is 3.45. The minimum absolute atomic E-state index is 0.691. The van der Waals surface area contributed by atoms with E-state index in [9.17, 15) is 0 Å². The first kappa shape index (κ1) is 14.0. The summed E-state index contributed by atoms with van der Waals surface area (Å²) in [6.07, 6.45) is 5.36. The summed E-state index contributed by atoms with van der Waals surface area (Å²) in [7, 11) is 0. The van der Waals surface area contributed by atoms with E-state index in [1.807, 2.05) is 0 Å². The van der Waals surface area contributed by atoms with Gasteiger partial charge in [0.1, 0.15) is 0 Å². The molecule has 1 N–H and O–H groups in total. The molecule has 1 unspecified atom stereocenters. The summed E-state index contributed by atoms with van der Waals surface area (Å²) in [5.74, 6) is 0.919. The quantitative estimate of drug-likeness (QED) is 0.749. The van der Waals surface area contributed by atoms with E-state index in [1.165, 1.54) is 45.3 Å². The van der Waals surface area contributed by atoms with Crippen molar-refractivity contribution in [1.29, 1.82) is 0 Å². The van der Waals surface area contributed by atoms with Gasteiger partial charge >= 0.3 is 0 Å². The van der Waals surface area contributed by atoms with Crippen LogP contribution in [0.25, 0.3) is 0 Å². The van der Waals surface area contributed by atoms with E-state index >= 15 is 0 Å². The third kappa shape index (κ3) is 4.42. The number of piperidine rings is 1. The number of hydrogen-bond acceptors (Lipinski definition) is 2. The topological polar surface area (TPSA) is 15.3 Å². The van der Waals surface area contributed by atoms with Gasteiger partial charge in [-0.15, -0.1) is 0 Å². The zero-order chi connectivity index (χ0) is 12.0. The Balaban J connectivity index is 2.42. The van der Waals surface area contributed by atoms with Crippen molar-refractivity contribution in [3.63, 3.8) is 0 Å². The summed E-state index contributed by atoms with van der Waals surface area (Å²) < 4.78 is 0. The normalized spacial score (nSPS) is 20.6. The van der Waals surface area contributed by atoms with Crippen molar-refractivity contribution in [2.45, 2.75) is 65.5 Å². The van der Waals surface area contributed by atoms with Gasteiger partial charge in [-0.2, -0.15) is 0 Å². The Morgan fingerprint density at radius 3 is 2.31 bits per heavy atom. The van der Waals surface area contributed by atoms with Crippen molar-refractivity contribution in [3.05, 3.63) is 0 Å². The molecule has 0 amide bonds. The van der Waals surface area contributed by atoms with Crippen LogP contribution in [0.1, 0.15) is 53.4 Å². The van der Waals surface area contributed by atoms with Crippen LogP contribution in [0.4, 0.5) is 0 Å². The minimum Gasteiger partial charge on any atom is -0.317 e. The lowest BCUT2D eigenvalue weighted by atomic mass is 9.96. The molecule has 0 saturated carbocycles. The molecule has 2 nitrogen and oxygen atoms in total. The summed E-state index contributed by atoms with van der Waals surface area (Å²) in [5.41, 5.74) is 0. The fraction of sp³-hybridized carbons (Fsp3) is 1.00. The van der Waals surface area contributed by atoms with E-state index < -0.39 is 0 Å². The van der Waals surface area contributed by atoms with Crippen molar-refractivity contribution in [3.8, 4) is 0 Å². The lowest BCUT2D eigenvalue weighted by molar-refractivity contribution is 0.119. The molecule has 1 saturated heterocycles. The maximum absolute atomic E-state index is 3.45. The van der Waals surface area contributed by atoms with Crippen LogP contribution in [-0.2, 0) is 0 Å². The summed E-state index contributed by atoms with van der Waals surface area (Å²) in [5, 5.41) is 3.45. The lowest BCUT2D eigenvalue weighted by Crippen LogP contribution is -2.44. The van der Waals surface area contributed by atoms with Crippen molar-refractivity contribution in [2.24, 2.45) is 5.92 Å². The predicted octanol–water partition coefficient (Wildman–Crippen LogP) is 2.89. The van der Waals surface area contributed by atoms with Crippen molar-refractivity contribution in [2.75, 3.05) is 19.6 Å². The van der Waals surface area contributed by atoms with E-state index in [2.05, 4.69) is 37.9 Å². The molecule has 0 spiro atoms. The highest BCUT2D eigenvalue weighted by atomic mass is 15.2. The van der Waals surface area contributed by atoms with Crippen molar-refractivity contribution < 1.29 is 0 Å². The van der Waals surface area contributed by atoms with Crippen LogP contribution in [0, 0.1) is 5.92 Å². The van der Waals surface area contributed by atoms with Crippen molar-refractivity contribution >= 4 is 0 Å². The summed E-state index contributed by atoms with van der Waals surface area (Å²) in [6, 6.07) is 1.44. The Hall–Kier alpha value is -0.0800. The second-order valence-electron chi connectivity index (χ2n) is 5.62. The van der Waals surface area contributed by atoms with Gasteiger partial charge in [0.15, 0.2) is 0 Å². The van der Waals surface area contributed by atoms with E-state index in [1.54, 1.807) is 0 Å². The third-order valence-electron chi connectivity index (χ3n) is 3.86. The molecule has 1 heterocycles.